The maximum absolute atomic E-state index is 5.87. The van der Waals surface area contributed by atoms with E-state index in [-0.39, 0.29) is 12.1 Å². The fourth-order valence-electron chi connectivity index (χ4n) is 1.41. The molecule has 1 saturated heterocycles. The van der Waals surface area contributed by atoms with Crippen LogP contribution in [-0.2, 0) is 9.47 Å². The Balaban J connectivity index is 2.05. The van der Waals surface area contributed by atoms with Crippen LogP contribution in [0, 0.1) is 0 Å². The average Bonchev–Trinajstić information content (AvgIpc) is 2.56. The molecule has 0 aromatic carbocycles. The summed E-state index contributed by atoms with van der Waals surface area (Å²) in [6.45, 7) is 4.41. The van der Waals surface area contributed by atoms with Crippen molar-refractivity contribution in [1.29, 1.82) is 0 Å². The van der Waals surface area contributed by atoms with Crippen LogP contribution in [0.25, 0.3) is 0 Å². The summed E-state index contributed by atoms with van der Waals surface area (Å²) in [7, 11) is 0. The molecule has 1 rings (SSSR count). The van der Waals surface area contributed by atoms with Gasteiger partial charge in [-0.15, -0.1) is 0 Å². The highest BCUT2D eigenvalue weighted by atomic mass is 16.5. The largest absolute Gasteiger partial charge is 0.380 e. The van der Waals surface area contributed by atoms with Crippen LogP contribution in [0.5, 0.6) is 0 Å². The molecule has 1 aliphatic rings. The molecule has 2 unspecified atom stereocenters. The smallest absolute Gasteiger partial charge is 0.0749 e. The zero-order chi connectivity index (χ0) is 8.81. The third-order valence-corrected chi connectivity index (χ3v) is 2.10. The van der Waals surface area contributed by atoms with E-state index in [9.17, 15) is 0 Å². The van der Waals surface area contributed by atoms with Gasteiger partial charge in [0.25, 0.3) is 0 Å². The zero-order valence-corrected chi connectivity index (χ0v) is 7.79. The van der Waals surface area contributed by atoms with Crippen LogP contribution in [0.4, 0.5) is 0 Å². The molecule has 0 aromatic heterocycles. The lowest BCUT2D eigenvalue weighted by atomic mass is 10.1. The Hall–Kier alpha value is -0.120. The Labute approximate surface area is 74.2 Å². The first-order valence-electron chi connectivity index (χ1n) is 4.79. The van der Waals surface area contributed by atoms with Gasteiger partial charge in [0.1, 0.15) is 0 Å². The van der Waals surface area contributed by atoms with Gasteiger partial charge < -0.3 is 15.2 Å². The van der Waals surface area contributed by atoms with Gasteiger partial charge in [0, 0.05) is 13.2 Å². The monoisotopic (exact) mass is 173 g/mol. The number of nitrogens with two attached hydrogens (primary N) is 1. The summed E-state index contributed by atoms with van der Waals surface area (Å²) in [5, 5.41) is 0. The number of ether oxygens (including phenoxy) is 2. The van der Waals surface area contributed by atoms with E-state index < -0.39 is 0 Å². The van der Waals surface area contributed by atoms with Gasteiger partial charge in [-0.05, 0) is 19.3 Å². The lowest BCUT2D eigenvalue weighted by molar-refractivity contribution is 0.0422. The summed E-state index contributed by atoms with van der Waals surface area (Å²) in [5.74, 6) is 0. The predicted molar refractivity (Wildman–Crippen MR) is 48.1 cm³/mol. The Kier molecular flexibility index (Phi) is 4.58. The molecule has 0 radical (unpaired) electrons. The lowest BCUT2D eigenvalue weighted by Crippen LogP contribution is -2.38. The Morgan fingerprint density at radius 3 is 3.08 bits per heavy atom. The molecule has 0 saturated carbocycles. The van der Waals surface area contributed by atoms with Crippen molar-refractivity contribution in [3.05, 3.63) is 0 Å². The topological polar surface area (TPSA) is 44.5 Å². The Morgan fingerprint density at radius 1 is 1.67 bits per heavy atom. The first-order chi connectivity index (χ1) is 5.84. The van der Waals surface area contributed by atoms with E-state index in [0.29, 0.717) is 6.61 Å². The predicted octanol–water partition coefficient (Wildman–Crippen LogP) is 0.919. The van der Waals surface area contributed by atoms with Gasteiger partial charge in [0.05, 0.1) is 18.8 Å². The third-order valence-electron chi connectivity index (χ3n) is 2.10. The Bertz CT molecular complexity index is 113. The summed E-state index contributed by atoms with van der Waals surface area (Å²) < 4.78 is 10.8. The van der Waals surface area contributed by atoms with Crippen LogP contribution < -0.4 is 5.73 Å². The summed E-state index contributed by atoms with van der Waals surface area (Å²) in [6, 6.07) is 0.0686. The van der Waals surface area contributed by atoms with Crippen LogP contribution in [0.1, 0.15) is 26.2 Å². The standard InChI is InChI=1S/C9H19NO2/c1-2-5-11-7-8(10)9-4-3-6-12-9/h8-9H,2-7,10H2,1H3. The maximum Gasteiger partial charge on any atom is 0.0749 e. The van der Waals surface area contributed by atoms with Gasteiger partial charge in [-0.3, -0.25) is 0 Å². The number of hydrogen-bond donors (Lipinski definition) is 1. The molecule has 0 aliphatic carbocycles. The highest BCUT2D eigenvalue weighted by Gasteiger charge is 2.22. The van der Waals surface area contributed by atoms with Crippen molar-refractivity contribution in [3.63, 3.8) is 0 Å². The molecule has 72 valence electrons. The third kappa shape index (κ3) is 3.09. The number of hydrogen-bond acceptors (Lipinski definition) is 3. The first-order valence-corrected chi connectivity index (χ1v) is 4.79. The lowest BCUT2D eigenvalue weighted by Gasteiger charge is -2.17. The highest BCUT2D eigenvalue weighted by Crippen LogP contribution is 2.14. The average molecular weight is 173 g/mol. The molecule has 1 fully saturated rings. The van der Waals surface area contributed by atoms with Crippen molar-refractivity contribution in [2.24, 2.45) is 5.73 Å². The summed E-state index contributed by atoms with van der Waals surface area (Å²) in [4.78, 5) is 0. The molecule has 3 heteroatoms. The molecule has 0 bridgehead atoms. The molecule has 1 aliphatic heterocycles. The summed E-state index contributed by atoms with van der Waals surface area (Å²) in [5.41, 5.74) is 5.87. The maximum atomic E-state index is 5.87. The van der Waals surface area contributed by atoms with Crippen molar-refractivity contribution in [2.75, 3.05) is 19.8 Å². The second-order valence-corrected chi connectivity index (χ2v) is 3.29. The second kappa shape index (κ2) is 5.51. The minimum Gasteiger partial charge on any atom is -0.380 e. The van der Waals surface area contributed by atoms with Gasteiger partial charge in [0.15, 0.2) is 0 Å². The van der Waals surface area contributed by atoms with Crippen molar-refractivity contribution in [2.45, 2.75) is 38.3 Å². The van der Waals surface area contributed by atoms with E-state index >= 15 is 0 Å². The van der Waals surface area contributed by atoms with Gasteiger partial charge >= 0.3 is 0 Å². The van der Waals surface area contributed by atoms with E-state index in [1.807, 2.05) is 0 Å². The van der Waals surface area contributed by atoms with Crippen LogP contribution >= 0.6 is 0 Å². The molecular formula is C9H19NO2. The molecule has 2 N–H and O–H groups in total. The Morgan fingerprint density at radius 2 is 2.50 bits per heavy atom. The van der Waals surface area contributed by atoms with Gasteiger partial charge in [-0.1, -0.05) is 6.92 Å². The molecule has 0 aromatic rings. The van der Waals surface area contributed by atoms with Crippen LogP contribution in [0.15, 0.2) is 0 Å². The van der Waals surface area contributed by atoms with Crippen LogP contribution in [-0.4, -0.2) is 32.0 Å². The molecule has 0 amide bonds. The van der Waals surface area contributed by atoms with E-state index in [1.165, 1.54) is 0 Å². The van der Waals surface area contributed by atoms with Crippen LogP contribution in [0.2, 0.25) is 0 Å². The minimum atomic E-state index is 0.0686. The second-order valence-electron chi connectivity index (χ2n) is 3.29. The molecule has 2 atom stereocenters. The first kappa shape index (κ1) is 9.96. The molecule has 12 heavy (non-hydrogen) atoms. The molecule has 0 spiro atoms. The fraction of sp³-hybridized carbons (Fsp3) is 1.00. The van der Waals surface area contributed by atoms with Crippen LogP contribution in [0.3, 0.4) is 0 Å². The van der Waals surface area contributed by atoms with E-state index in [1.54, 1.807) is 0 Å². The summed E-state index contributed by atoms with van der Waals surface area (Å²) in [6.07, 6.45) is 3.53. The molecular weight excluding hydrogens is 154 g/mol. The van der Waals surface area contributed by atoms with Gasteiger partial charge in [-0.25, -0.2) is 0 Å². The van der Waals surface area contributed by atoms with Gasteiger partial charge in [0.2, 0.25) is 0 Å². The van der Waals surface area contributed by atoms with E-state index in [4.69, 9.17) is 15.2 Å². The van der Waals surface area contributed by atoms with E-state index in [2.05, 4.69) is 6.92 Å². The van der Waals surface area contributed by atoms with E-state index in [0.717, 1.165) is 32.5 Å². The quantitative estimate of drug-likeness (QED) is 0.629. The van der Waals surface area contributed by atoms with Crippen molar-refractivity contribution >= 4 is 0 Å². The normalized spacial score (nSPS) is 26.0. The number of rotatable bonds is 5. The molecule has 1 heterocycles. The molecule has 3 nitrogen and oxygen atoms in total. The summed E-state index contributed by atoms with van der Waals surface area (Å²) >= 11 is 0. The fourth-order valence-corrected chi connectivity index (χ4v) is 1.41. The van der Waals surface area contributed by atoms with Crippen molar-refractivity contribution < 1.29 is 9.47 Å². The minimum absolute atomic E-state index is 0.0686. The highest BCUT2D eigenvalue weighted by molar-refractivity contribution is 4.76. The van der Waals surface area contributed by atoms with Crippen molar-refractivity contribution in [3.8, 4) is 0 Å². The van der Waals surface area contributed by atoms with Gasteiger partial charge in [-0.2, -0.15) is 0 Å². The zero-order valence-electron chi connectivity index (χ0n) is 7.79. The van der Waals surface area contributed by atoms with Crippen molar-refractivity contribution in [1.82, 2.24) is 0 Å². The SMILES string of the molecule is CCCOCC(N)C1CCCO1.